The number of thiazole rings is 1. The summed E-state index contributed by atoms with van der Waals surface area (Å²) >= 11 is 1.65. The SMILES string of the molecule is Cc1nc2cc(NC(=O)c3cc(C(C)(C)C)oc3C)ccc2s1. The lowest BCUT2D eigenvalue weighted by molar-refractivity contribution is 0.102. The molecule has 0 aliphatic rings. The number of fused-ring (bicyclic) bond motifs is 1. The standard InChI is InChI=1S/C18H20N2O2S/c1-10-13(9-16(22-10)18(3,4)5)17(21)20-12-6-7-15-14(8-12)19-11(2)23-15/h6-9H,1-5H3,(H,20,21). The van der Waals surface area contributed by atoms with E-state index in [0.29, 0.717) is 11.3 Å². The first kappa shape index (κ1) is 15.7. The minimum atomic E-state index is -0.159. The van der Waals surface area contributed by atoms with Gasteiger partial charge in [-0.25, -0.2) is 4.98 Å². The number of benzene rings is 1. The zero-order valence-corrected chi connectivity index (χ0v) is 14.8. The molecule has 3 aromatic rings. The zero-order valence-electron chi connectivity index (χ0n) is 14.0. The minimum Gasteiger partial charge on any atom is -0.465 e. The molecular formula is C18H20N2O2S. The topological polar surface area (TPSA) is 55.1 Å². The van der Waals surface area contributed by atoms with Gasteiger partial charge in [0.15, 0.2) is 0 Å². The van der Waals surface area contributed by atoms with E-state index in [4.69, 9.17) is 4.42 Å². The van der Waals surface area contributed by atoms with E-state index in [0.717, 1.165) is 26.7 Å². The van der Waals surface area contributed by atoms with E-state index in [-0.39, 0.29) is 11.3 Å². The Morgan fingerprint density at radius 2 is 1.96 bits per heavy atom. The van der Waals surface area contributed by atoms with Gasteiger partial charge < -0.3 is 9.73 Å². The van der Waals surface area contributed by atoms with Crippen LogP contribution in [0, 0.1) is 13.8 Å². The van der Waals surface area contributed by atoms with Gasteiger partial charge in [0.25, 0.3) is 5.91 Å². The summed E-state index contributed by atoms with van der Waals surface area (Å²) in [6.45, 7) is 9.98. The van der Waals surface area contributed by atoms with Crippen molar-refractivity contribution in [2.24, 2.45) is 0 Å². The number of nitrogens with zero attached hydrogens (tertiary/aromatic N) is 1. The molecule has 0 aliphatic heterocycles. The minimum absolute atomic E-state index is 0.125. The third-order valence-corrected chi connectivity index (χ3v) is 4.61. The number of amides is 1. The van der Waals surface area contributed by atoms with Crippen molar-refractivity contribution in [2.45, 2.75) is 40.0 Å². The fourth-order valence-corrected chi connectivity index (χ4v) is 3.20. The second-order valence-electron chi connectivity index (χ2n) is 6.70. The predicted molar refractivity (Wildman–Crippen MR) is 94.5 cm³/mol. The lowest BCUT2D eigenvalue weighted by Crippen LogP contribution is -2.13. The van der Waals surface area contributed by atoms with E-state index in [9.17, 15) is 4.79 Å². The smallest absolute Gasteiger partial charge is 0.259 e. The first-order valence-corrected chi connectivity index (χ1v) is 8.35. The Bertz CT molecular complexity index is 884. The van der Waals surface area contributed by atoms with Crippen molar-refractivity contribution in [3.63, 3.8) is 0 Å². The summed E-state index contributed by atoms with van der Waals surface area (Å²) in [5.74, 6) is 1.29. The van der Waals surface area contributed by atoms with Crippen LogP contribution in [0.25, 0.3) is 10.2 Å². The Morgan fingerprint density at radius 3 is 2.61 bits per heavy atom. The summed E-state index contributed by atoms with van der Waals surface area (Å²) < 4.78 is 6.86. The lowest BCUT2D eigenvalue weighted by atomic mass is 9.93. The Kier molecular flexibility index (Phi) is 3.76. The molecule has 5 heteroatoms. The van der Waals surface area contributed by atoms with Gasteiger partial charge in [-0.15, -0.1) is 11.3 Å². The number of aryl methyl sites for hydroxylation is 2. The van der Waals surface area contributed by atoms with E-state index < -0.39 is 0 Å². The molecule has 0 spiro atoms. The van der Waals surface area contributed by atoms with Crippen LogP contribution in [0.1, 0.15) is 47.7 Å². The van der Waals surface area contributed by atoms with Crippen LogP contribution in [-0.4, -0.2) is 10.9 Å². The lowest BCUT2D eigenvalue weighted by Gasteiger charge is -2.13. The van der Waals surface area contributed by atoms with Gasteiger partial charge in [0.2, 0.25) is 0 Å². The fourth-order valence-electron chi connectivity index (χ4n) is 2.40. The molecule has 0 saturated heterocycles. The van der Waals surface area contributed by atoms with E-state index in [1.165, 1.54) is 0 Å². The van der Waals surface area contributed by atoms with Gasteiger partial charge in [-0.05, 0) is 38.1 Å². The van der Waals surface area contributed by atoms with E-state index in [1.807, 2.05) is 38.1 Å². The molecule has 0 fully saturated rings. The molecule has 2 heterocycles. The molecule has 0 radical (unpaired) electrons. The summed E-state index contributed by atoms with van der Waals surface area (Å²) in [5, 5.41) is 3.95. The number of furan rings is 1. The molecule has 1 N–H and O–H groups in total. The normalized spacial score (nSPS) is 11.9. The van der Waals surface area contributed by atoms with E-state index in [1.54, 1.807) is 11.3 Å². The molecule has 4 nitrogen and oxygen atoms in total. The first-order chi connectivity index (χ1) is 10.7. The van der Waals surface area contributed by atoms with Crippen molar-refractivity contribution in [3.05, 3.63) is 46.4 Å². The molecule has 23 heavy (non-hydrogen) atoms. The molecule has 0 saturated carbocycles. The number of carbonyl (C=O) groups excluding carboxylic acids is 1. The quantitative estimate of drug-likeness (QED) is 0.715. The van der Waals surface area contributed by atoms with Gasteiger partial charge >= 0.3 is 0 Å². The number of hydrogen-bond donors (Lipinski definition) is 1. The van der Waals surface area contributed by atoms with Gasteiger partial charge in [-0.3, -0.25) is 4.79 Å². The molecule has 1 amide bonds. The molecule has 120 valence electrons. The number of hydrogen-bond acceptors (Lipinski definition) is 4. The first-order valence-electron chi connectivity index (χ1n) is 7.53. The molecule has 0 unspecified atom stereocenters. The van der Waals surface area contributed by atoms with Crippen molar-refractivity contribution in [1.82, 2.24) is 4.98 Å². The van der Waals surface area contributed by atoms with Gasteiger partial charge in [-0.2, -0.15) is 0 Å². The highest BCUT2D eigenvalue weighted by molar-refractivity contribution is 7.18. The molecule has 2 aromatic heterocycles. The highest BCUT2D eigenvalue weighted by atomic mass is 32.1. The van der Waals surface area contributed by atoms with Crippen molar-refractivity contribution in [1.29, 1.82) is 0 Å². The summed E-state index contributed by atoms with van der Waals surface area (Å²) in [6, 6.07) is 7.61. The number of carbonyl (C=O) groups is 1. The number of aromatic nitrogens is 1. The summed E-state index contributed by atoms with van der Waals surface area (Å²) in [5.41, 5.74) is 2.10. The summed E-state index contributed by atoms with van der Waals surface area (Å²) in [4.78, 5) is 17.0. The van der Waals surface area contributed by atoms with Crippen LogP contribution < -0.4 is 5.32 Å². The van der Waals surface area contributed by atoms with Gasteiger partial charge in [0.05, 0.1) is 20.8 Å². The molecular weight excluding hydrogens is 308 g/mol. The van der Waals surface area contributed by atoms with Crippen molar-refractivity contribution < 1.29 is 9.21 Å². The maximum atomic E-state index is 12.5. The summed E-state index contributed by atoms with van der Waals surface area (Å²) in [6.07, 6.45) is 0. The highest BCUT2D eigenvalue weighted by Crippen LogP contribution is 2.28. The molecule has 1 aromatic carbocycles. The second-order valence-corrected chi connectivity index (χ2v) is 7.93. The van der Waals surface area contributed by atoms with E-state index >= 15 is 0 Å². The van der Waals surface area contributed by atoms with Crippen molar-refractivity contribution in [3.8, 4) is 0 Å². The Balaban J connectivity index is 1.87. The molecule has 0 bridgehead atoms. The third-order valence-electron chi connectivity index (χ3n) is 3.65. The van der Waals surface area contributed by atoms with Crippen LogP contribution in [0.2, 0.25) is 0 Å². The van der Waals surface area contributed by atoms with Crippen molar-refractivity contribution >= 4 is 33.1 Å². The largest absolute Gasteiger partial charge is 0.465 e. The molecule has 3 rings (SSSR count). The summed E-state index contributed by atoms with van der Waals surface area (Å²) in [7, 11) is 0. The number of rotatable bonds is 2. The van der Waals surface area contributed by atoms with Gasteiger partial charge in [0.1, 0.15) is 11.5 Å². The molecule has 0 atom stereocenters. The highest BCUT2D eigenvalue weighted by Gasteiger charge is 2.23. The zero-order chi connectivity index (χ0) is 16.8. The second kappa shape index (κ2) is 5.49. The van der Waals surface area contributed by atoms with Crippen LogP contribution in [0.4, 0.5) is 5.69 Å². The molecule has 0 aliphatic carbocycles. The predicted octanol–water partition coefficient (Wildman–Crippen LogP) is 5.06. The average Bonchev–Trinajstić information content (AvgIpc) is 2.99. The van der Waals surface area contributed by atoms with E-state index in [2.05, 4.69) is 31.1 Å². The third kappa shape index (κ3) is 3.15. The fraction of sp³-hybridized carbons (Fsp3) is 0.333. The maximum absolute atomic E-state index is 12.5. The Morgan fingerprint density at radius 1 is 1.22 bits per heavy atom. The maximum Gasteiger partial charge on any atom is 0.259 e. The van der Waals surface area contributed by atoms with Crippen molar-refractivity contribution in [2.75, 3.05) is 5.32 Å². The monoisotopic (exact) mass is 328 g/mol. The number of anilines is 1. The van der Waals surface area contributed by atoms with Crippen LogP contribution in [0.5, 0.6) is 0 Å². The Labute approximate surface area is 139 Å². The van der Waals surface area contributed by atoms with Gasteiger partial charge in [-0.1, -0.05) is 20.8 Å². The van der Waals surface area contributed by atoms with Crippen LogP contribution >= 0.6 is 11.3 Å². The van der Waals surface area contributed by atoms with Crippen LogP contribution in [0.3, 0.4) is 0 Å². The Hall–Kier alpha value is -2.14. The number of nitrogens with one attached hydrogen (secondary N) is 1. The van der Waals surface area contributed by atoms with Crippen LogP contribution in [0.15, 0.2) is 28.7 Å². The van der Waals surface area contributed by atoms with Gasteiger partial charge in [0, 0.05) is 11.1 Å². The average molecular weight is 328 g/mol. The van der Waals surface area contributed by atoms with Crippen LogP contribution in [-0.2, 0) is 5.41 Å².